The quantitative estimate of drug-likeness (QED) is 0.827. The first-order valence-corrected chi connectivity index (χ1v) is 5.80. The summed E-state index contributed by atoms with van der Waals surface area (Å²) in [7, 11) is 0. The van der Waals surface area contributed by atoms with E-state index in [-0.39, 0.29) is 0 Å². The number of hydrogen-bond donors (Lipinski definition) is 1. The standard InChI is InChI=1S/C12H15N3S/c1-3-10-5-4-6-13-11(10)8-15-7-9(2)14-12(15)16/h4-7H,3,8H2,1-2H3,(H,14,16). The second-order valence-corrected chi connectivity index (χ2v) is 4.22. The average molecular weight is 233 g/mol. The number of rotatable bonds is 3. The van der Waals surface area contributed by atoms with Gasteiger partial charge in [-0.2, -0.15) is 0 Å². The molecule has 0 unspecified atom stereocenters. The van der Waals surface area contributed by atoms with Crippen molar-refractivity contribution >= 4 is 12.2 Å². The van der Waals surface area contributed by atoms with Crippen LogP contribution in [0.1, 0.15) is 23.9 Å². The van der Waals surface area contributed by atoms with Gasteiger partial charge in [0.1, 0.15) is 0 Å². The minimum atomic E-state index is 0.743. The number of aromatic nitrogens is 3. The normalized spacial score (nSPS) is 10.6. The Hall–Kier alpha value is -1.42. The van der Waals surface area contributed by atoms with Gasteiger partial charge in [-0.05, 0) is 37.2 Å². The predicted octanol–water partition coefficient (Wildman–Crippen LogP) is 2.86. The highest BCUT2D eigenvalue weighted by Gasteiger charge is 2.03. The molecule has 0 aliphatic heterocycles. The fraction of sp³-hybridized carbons (Fsp3) is 0.333. The number of imidazole rings is 1. The number of H-pyrrole nitrogens is 1. The summed E-state index contributed by atoms with van der Waals surface area (Å²) in [6.07, 6.45) is 4.86. The van der Waals surface area contributed by atoms with Crippen LogP contribution in [0.2, 0.25) is 0 Å². The van der Waals surface area contributed by atoms with Crippen molar-refractivity contribution < 1.29 is 0 Å². The van der Waals surface area contributed by atoms with Crippen molar-refractivity contribution in [1.82, 2.24) is 14.5 Å². The van der Waals surface area contributed by atoms with Crippen LogP contribution in [0.4, 0.5) is 0 Å². The van der Waals surface area contributed by atoms with Gasteiger partial charge >= 0.3 is 0 Å². The fourth-order valence-electron chi connectivity index (χ4n) is 1.78. The molecule has 0 saturated heterocycles. The summed E-state index contributed by atoms with van der Waals surface area (Å²) in [4.78, 5) is 7.53. The molecule has 0 spiro atoms. The van der Waals surface area contributed by atoms with Crippen molar-refractivity contribution in [3.05, 3.63) is 46.2 Å². The smallest absolute Gasteiger partial charge is 0.177 e. The van der Waals surface area contributed by atoms with Crippen LogP contribution in [-0.4, -0.2) is 14.5 Å². The van der Waals surface area contributed by atoms with E-state index in [9.17, 15) is 0 Å². The minimum Gasteiger partial charge on any atom is -0.335 e. The molecule has 2 rings (SSSR count). The first-order valence-electron chi connectivity index (χ1n) is 5.39. The van der Waals surface area contributed by atoms with E-state index in [0.29, 0.717) is 0 Å². The van der Waals surface area contributed by atoms with Gasteiger partial charge in [-0.25, -0.2) is 0 Å². The summed E-state index contributed by atoms with van der Waals surface area (Å²) in [5.74, 6) is 0. The molecule has 16 heavy (non-hydrogen) atoms. The van der Waals surface area contributed by atoms with E-state index in [2.05, 4.69) is 23.0 Å². The van der Waals surface area contributed by atoms with E-state index >= 15 is 0 Å². The monoisotopic (exact) mass is 233 g/mol. The van der Waals surface area contributed by atoms with Gasteiger partial charge in [0, 0.05) is 18.1 Å². The lowest BCUT2D eigenvalue weighted by atomic mass is 10.1. The highest BCUT2D eigenvalue weighted by molar-refractivity contribution is 7.71. The Labute approximate surface area is 100 Å². The van der Waals surface area contributed by atoms with Gasteiger partial charge in [0.25, 0.3) is 0 Å². The van der Waals surface area contributed by atoms with Crippen LogP contribution >= 0.6 is 12.2 Å². The van der Waals surface area contributed by atoms with E-state index in [1.165, 1.54) is 5.56 Å². The molecule has 2 aromatic rings. The molecule has 0 fully saturated rings. The Balaban J connectivity index is 2.33. The fourth-order valence-corrected chi connectivity index (χ4v) is 2.06. The number of pyridine rings is 1. The zero-order valence-electron chi connectivity index (χ0n) is 9.53. The van der Waals surface area contributed by atoms with Crippen molar-refractivity contribution in [3.63, 3.8) is 0 Å². The van der Waals surface area contributed by atoms with Crippen LogP contribution in [0.15, 0.2) is 24.5 Å². The molecule has 0 aliphatic carbocycles. The van der Waals surface area contributed by atoms with Gasteiger partial charge in [-0.3, -0.25) is 4.98 Å². The summed E-state index contributed by atoms with van der Waals surface area (Å²) in [5.41, 5.74) is 3.46. The molecule has 0 bridgehead atoms. The Morgan fingerprint density at radius 3 is 2.94 bits per heavy atom. The zero-order chi connectivity index (χ0) is 11.5. The number of aryl methyl sites for hydroxylation is 2. The van der Waals surface area contributed by atoms with Gasteiger partial charge in [-0.1, -0.05) is 13.0 Å². The Bertz CT molecular complexity index is 539. The molecule has 4 heteroatoms. The Kier molecular flexibility index (Phi) is 3.19. The van der Waals surface area contributed by atoms with E-state index in [4.69, 9.17) is 12.2 Å². The lowest BCUT2D eigenvalue weighted by Crippen LogP contribution is -2.04. The number of nitrogens with one attached hydrogen (secondary N) is 1. The van der Waals surface area contributed by atoms with Crippen LogP contribution in [0.25, 0.3) is 0 Å². The summed E-state index contributed by atoms with van der Waals surface area (Å²) < 4.78 is 2.77. The van der Waals surface area contributed by atoms with Crippen molar-refractivity contribution in [1.29, 1.82) is 0 Å². The maximum absolute atomic E-state index is 5.23. The predicted molar refractivity (Wildman–Crippen MR) is 67.1 cm³/mol. The van der Waals surface area contributed by atoms with Gasteiger partial charge in [0.2, 0.25) is 0 Å². The van der Waals surface area contributed by atoms with E-state index in [1.54, 1.807) is 0 Å². The summed E-state index contributed by atoms with van der Waals surface area (Å²) in [6, 6.07) is 4.09. The van der Waals surface area contributed by atoms with Crippen LogP contribution in [0.5, 0.6) is 0 Å². The molecule has 0 aliphatic rings. The Morgan fingerprint density at radius 2 is 2.31 bits per heavy atom. The third-order valence-corrected chi connectivity index (χ3v) is 2.94. The van der Waals surface area contributed by atoms with E-state index in [0.717, 1.165) is 29.1 Å². The third-order valence-electron chi connectivity index (χ3n) is 2.60. The number of nitrogens with zero attached hydrogens (tertiary/aromatic N) is 2. The van der Waals surface area contributed by atoms with Crippen LogP contribution < -0.4 is 0 Å². The maximum atomic E-state index is 5.23. The van der Waals surface area contributed by atoms with Crippen LogP contribution in [-0.2, 0) is 13.0 Å². The first-order chi connectivity index (χ1) is 7.70. The molecule has 1 N–H and O–H groups in total. The lowest BCUT2D eigenvalue weighted by Gasteiger charge is -2.06. The van der Waals surface area contributed by atoms with Gasteiger partial charge < -0.3 is 9.55 Å². The first kappa shape index (κ1) is 11.1. The molecular weight excluding hydrogens is 218 g/mol. The topological polar surface area (TPSA) is 33.6 Å². The second kappa shape index (κ2) is 4.61. The number of hydrogen-bond acceptors (Lipinski definition) is 2. The largest absolute Gasteiger partial charge is 0.335 e. The van der Waals surface area contributed by atoms with Gasteiger partial charge in [0.15, 0.2) is 4.77 Å². The molecule has 84 valence electrons. The SMILES string of the molecule is CCc1cccnc1Cn1cc(C)[nH]c1=S. The zero-order valence-corrected chi connectivity index (χ0v) is 10.3. The van der Waals surface area contributed by atoms with Crippen LogP contribution in [0.3, 0.4) is 0 Å². The van der Waals surface area contributed by atoms with Crippen molar-refractivity contribution in [2.75, 3.05) is 0 Å². The van der Waals surface area contributed by atoms with E-state index < -0.39 is 0 Å². The van der Waals surface area contributed by atoms with Crippen LogP contribution in [0, 0.1) is 11.7 Å². The second-order valence-electron chi connectivity index (χ2n) is 3.83. The van der Waals surface area contributed by atoms with Gasteiger partial charge in [-0.15, -0.1) is 0 Å². The molecule has 0 saturated carbocycles. The van der Waals surface area contributed by atoms with Crippen molar-refractivity contribution in [2.45, 2.75) is 26.8 Å². The molecule has 0 radical (unpaired) electrons. The average Bonchev–Trinajstić information content (AvgIpc) is 2.58. The van der Waals surface area contributed by atoms with Crippen molar-refractivity contribution in [2.24, 2.45) is 0 Å². The molecule has 0 amide bonds. The summed E-state index contributed by atoms with van der Waals surface area (Å²) in [5, 5.41) is 0. The van der Waals surface area contributed by atoms with Gasteiger partial charge in [0.05, 0.1) is 12.2 Å². The maximum Gasteiger partial charge on any atom is 0.177 e. The molecule has 2 aromatic heterocycles. The third kappa shape index (κ3) is 2.22. The summed E-state index contributed by atoms with van der Waals surface area (Å²) in [6.45, 7) is 4.89. The van der Waals surface area contributed by atoms with E-state index in [1.807, 2.05) is 30.0 Å². The molecule has 3 nitrogen and oxygen atoms in total. The summed E-state index contributed by atoms with van der Waals surface area (Å²) >= 11 is 5.23. The molecule has 0 atom stereocenters. The molecular formula is C12H15N3S. The molecule has 2 heterocycles. The lowest BCUT2D eigenvalue weighted by molar-refractivity contribution is 0.749. The highest BCUT2D eigenvalue weighted by Crippen LogP contribution is 2.09. The van der Waals surface area contributed by atoms with Crippen molar-refractivity contribution in [3.8, 4) is 0 Å². The Morgan fingerprint density at radius 1 is 1.50 bits per heavy atom. The number of aromatic amines is 1. The highest BCUT2D eigenvalue weighted by atomic mass is 32.1. The molecule has 0 aromatic carbocycles. The minimum absolute atomic E-state index is 0.743.